The Labute approximate surface area is 91.5 Å². The van der Waals surface area contributed by atoms with Crippen LogP contribution in [0.4, 0.5) is 0 Å². The lowest BCUT2D eigenvalue weighted by atomic mass is 9.94. The summed E-state index contributed by atoms with van der Waals surface area (Å²) in [6.45, 7) is 9.04. The van der Waals surface area contributed by atoms with Gasteiger partial charge in [0.1, 0.15) is 0 Å². The lowest BCUT2D eigenvalue weighted by molar-refractivity contribution is 0.299. The molecule has 0 bridgehead atoms. The van der Waals surface area contributed by atoms with E-state index in [1.54, 1.807) is 11.3 Å². The molecule has 0 spiro atoms. The summed E-state index contributed by atoms with van der Waals surface area (Å²) in [5.41, 5.74) is 1.68. The second-order valence-corrected chi connectivity index (χ2v) is 4.97. The third-order valence-electron chi connectivity index (χ3n) is 3.17. The summed E-state index contributed by atoms with van der Waals surface area (Å²) in [4.78, 5) is 0. The number of hydrogen-bond donors (Lipinski definition) is 1. The Balaban J connectivity index is 2.60. The minimum absolute atomic E-state index is 0.279. The van der Waals surface area contributed by atoms with Crippen molar-refractivity contribution in [1.29, 1.82) is 0 Å². The third-order valence-corrected chi connectivity index (χ3v) is 3.87. The maximum atomic E-state index is 3.70. The van der Waals surface area contributed by atoms with Gasteiger partial charge in [-0.2, -0.15) is 11.3 Å². The van der Waals surface area contributed by atoms with Crippen molar-refractivity contribution in [3.63, 3.8) is 0 Å². The summed E-state index contributed by atoms with van der Waals surface area (Å²) in [5, 5.41) is 8.07. The first-order chi connectivity index (χ1) is 6.61. The highest BCUT2D eigenvalue weighted by atomic mass is 32.1. The molecule has 1 unspecified atom stereocenters. The zero-order valence-electron chi connectivity index (χ0n) is 9.63. The van der Waals surface area contributed by atoms with E-state index in [1.807, 2.05) is 0 Å². The highest BCUT2D eigenvalue weighted by Gasteiger charge is 2.21. The van der Waals surface area contributed by atoms with Crippen LogP contribution in [0.1, 0.15) is 52.1 Å². The number of thiophene rings is 1. The van der Waals surface area contributed by atoms with Crippen molar-refractivity contribution >= 4 is 11.3 Å². The molecule has 0 saturated heterocycles. The van der Waals surface area contributed by atoms with Gasteiger partial charge >= 0.3 is 0 Å². The third kappa shape index (κ3) is 2.82. The van der Waals surface area contributed by atoms with Crippen molar-refractivity contribution in [3.05, 3.63) is 22.4 Å². The zero-order valence-corrected chi connectivity index (χ0v) is 10.4. The normalized spacial score (nSPS) is 14.3. The molecule has 1 rings (SSSR count). The maximum Gasteiger partial charge on any atom is 0.0305 e. The van der Waals surface area contributed by atoms with Gasteiger partial charge in [0.15, 0.2) is 0 Å². The molecule has 0 aliphatic heterocycles. The SMILES string of the molecule is CCC(C)(CC)NC(C)c1ccsc1. The highest BCUT2D eigenvalue weighted by molar-refractivity contribution is 7.07. The van der Waals surface area contributed by atoms with E-state index >= 15 is 0 Å². The molecule has 1 nitrogen and oxygen atoms in total. The summed E-state index contributed by atoms with van der Waals surface area (Å²) < 4.78 is 0. The maximum absolute atomic E-state index is 3.70. The van der Waals surface area contributed by atoms with Crippen LogP contribution in [0.25, 0.3) is 0 Å². The molecule has 0 aliphatic carbocycles. The molecular weight excluding hydrogens is 190 g/mol. The van der Waals surface area contributed by atoms with Gasteiger partial charge in [0.25, 0.3) is 0 Å². The van der Waals surface area contributed by atoms with Crippen molar-refractivity contribution in [2.24, 2.45) is 0 Å². The van der Waals surface area contributed by atoms with Crippen LogP contribution in [0.5, 0.6) is 0 Å². The van der Waals surface area contributed by atoms with Crippen molar-refractivity contribution < 1.29 is 0 Å². The largest absolute Gasteiger partial charge is 0.305 e. The topological polar surface area (TPSA) is 12.0 Å². The van der Waals surface area contributed by atoms with Gasteiger partial charge < -0.3 is 5.32 Å². The molecule has 1 heterocycles. The first-order valence-corrected chi connectivity index (χ1v) is 6.35. The van der Waals surface area contributed by atoms with E-state index in [-0.39, 0.29) is 5.54 Å². The van der Waals surface area contributed by atoms with Gasteiger partial charge in [-0.15, -0.1) is 0 Å². The minimum Gasteiger partial charge on any atom is -0.305 e. The molecule has 1 aromatic heterocycles. The molecule has 80 valence electrons. The monoisotopic (exact) mass is 211 g/mol. The van der Waals surface area contributed by atoms with Gasteiger partial charge in [-0.1, -0.05) is 13.8 Å². The van der Waals surface area contributed by atoms with Gasteiger partial charge in [-0.05, 0) is 49.1 Å². The van der Waals surface area contributed by atoms with Crippen molar-refractivity contribution in [2.45, 2.75) is 52.1 Å². The van der Waals surface area contributed by atoms with E-state index < -0.39 is 0 Å². The van der Waals surface area contributed by atoms with Crippen LogP contribution in [0.3, 0.4) is 0 Å². The first-order valence-electron chi connectivity index (χ1n) is 5.41. The smallest absolute Gasteiger partial charge is 0.0305 e. The van der Waals surface area contributed by atoms with Gasteiger partial charge in [-0.3, -0.25) is 0 Å². The van der Waals surface area contributed by atoms with E-state index in [4.69, 9.17) is 0 Å². The van der Waals surface area contributed by atoms with Crippen LogP contribution < -0.4 is 5.32 Å². The van der Waals surface area contributed by atoms with Crippen LogP contribution >= 0.6 is 11.3 Å². The van der Waals surface area contributed by atoms with Crippen LogP contribution in [-0.2, 0) is 0 Å². The Bertz CT molecular complexity index is 249. The molecule has 0 aliphatic rings. The van der Waals surface area contributed by atoms with Crippen LogP contribution in [0.2, 0.25) is 0 Å². The van der Waals surface area contributed by atoms with E-state index in [0.29, 0.717) is 6.04 Å². The minimum atomic E-state index is 0.279. The zero-order chi connectivity index (χ0) is 10.6. The van der Waals surface area contributed by atoms with Gasteiger partial charge in [0.05, 0.1) is 0 Å². The first kappa shape index (κ1) is 11.7. The van der Waals surface area contributed by atoms with Crippen molar-refractivity contribution in [1.82, 2.24) is 5.32 Å². The average molecular weight is 211 g/mol. The Morgan fingerprint density at radius 2 is 2.07 bits per heavy atom. The molecule has 0 radical (unpaired) electrons. The van der Waals surface area contributed by atoms with Gasteiger partial charge in [-0.25, -0.2) is 0 Å². The quantitative estimate of drug-likeness (QED) is 0.777. The fraction of sp³-hybridized carbons (Fsp3) is 0.667. The number of rotatable bonds is 5. The fourth-order valence-electron chi connectivity index (χ4n) is 1.58. The second-order valence-electron chi connectivity index (χ2n) is 4.19. The van der Waals surface area contributed by atoms with Crippen molar-refractivity contribution in [3.8, 4) is 0 Å². The van der Waals surface area contributed by atoms with Crippen LogP contribution in [0, 0.1) is 0 Å². The fourth-order valence-corrected chi connectivity index (χ4v) is 2.34. The molecular formula is C12H21NS. The summed E-state index contributed by atoms with van der Waals surface area (Å²) in [6.07, 6.45) is 2.36. The van der Waals surface area contributed by atoms with E-state index in [0.717, 1.165) is 0 Å². The molecule has 1 aromatic rings. The molecule has 0 fully saturated rings. The van der Waals surface area contributed by atoms with Crippen molar-refractivity contribution in [2.75, 3.05) is 0 Å². The molecule has 14 heavy (non-hydrogen) atoms. The summed E-state index contributed by atoms with van der Waals surface area (Å²) in [5.74, 6) is 0. The van der Waals surface area contributed by atoms with Crippen LogP contribution in [0.15, 0.2) is 16.8 Å². The Morgan fingerprint density at radius 1 is 1.43 bits per heavy atom. The second kappa shape index (κ2) is 4.94. The number of hydrogen-bond acceptors (Lipinski definition) is 2. The predicted molar refractivity (Wildman–Crippen MR) is 64.9 cm³/mol. The predicted octanol–water partition coefficient (Wildman–Crippen LogP) is 3.98. The average Bonchev–Trinajstić information content (AvgIpc) is 2.70. The lowest BCUT2D eigenvalue weighted by Gasteiger charge is -2.32. The van der Waals surface area contributed by atoms with E-state index in [1.165, 1.54) is 18.4 Å². The summed E-state index contributed by atoms with van der Waals surface area (Å²) in [7, 11) is 0. The van der Waals surface area contributed by atoms with E-state index in [9.17, 15) is 0 Å². The highest BCUT2D eigenvalue weighted by Crippen LogP contribution is 2.22. The Hall–Kier alpha value is -0.340. The molecule has 1 N–H and O–H groups in total. The molecule has 1 atom stereocenters. The Morgan fingerprint density at radius 3 is 2.50 bits per heavy atom. The van der Waals surface area contributed by atoms with E-state index in [2.05, 4.69) is 49.8 Å². The number of nitrogens with one attached hydrogen (secondary N) is 1. The lowest BCUT2D eigenvalue weighted by Crippen LogP contribution is -2.42. The standard InChI is InChI=1S/C12H21NS/c1-5-12(4,6-2)13-10(3)11-7-8-14-9-11/h7-10,13H,5-6H2,1-4H3. The molecule has 2 heteroatoms. The summed E-state index contributed by atoms with van der Waals surface area (Å²) in [6, 6.07) is 2.67. The Kier molecular flexibility index (Phi) is 4.14. The molecule has 0 saturated carbocycles. The van der Waals surface area contributed by atoms with Crippen LogP contribution in [-0.4, -0.2) is 5.54 Å². The van der Waals surface area contributed by atoms with Gasteiger partial charge in [0.2, 0.25) is 0 Å². The van der Waals surface area contributed by atoms with Gasteiger partial charge in [0, 0.05) is 11.6 Å². The molecule has 0 amide bonds. The molecule has 0 aromatic carbocycles. The summed E-state index contributed by atoms with van der Waals surface area (Å²) >= 11 is 1.77.